The Morgan fingerprint density at radius 3 is 2.71 bits per heavy atom. The van der Waals surface area contributed by atoms with E-state index in [1.165, 1.54) is 11.1 Å². The van der Waals surface area contributed by atoms with Crippen LogP contribution in [0, 0.1) is 0 Å². The number of carbonyl (C=O) groups is 1. The van der Waals surface area contributed by atoms with Gasteiger partial charge >= 0.3 is 0 Å². The molecule has 0 bridgehead atoms. The Kier molecular flexibility index (Phi) is 3.00. The van der Waals surface area contributed by atoms with Gasteiger partial charge in [-0.1, -0.05) is 30.3 Å². The summed E-state index contributed by atoms with van der Waals surface area (Å²) in [6.07, 6.45) is 1.81. The quantitative estimate of drug-likeness (QED) is 0.858. The molecule has 0 aromatic heterocycles. The first kappa shape index (κ1) is 12.6. The fourth-order valence-corrected chi connectivity index (χ4v) is 3.28. The van der Waals surface area contributed by atoms with Crippen molar-refractivity contribution >= 4 is 5.78 Å². The summed E-state index contributed by atoms with van der Waals surface area (Å²) in [5, 5.41) is 3.35. The maximum atomic E-state index is 13.0. The SMILES string of the molecule is O=C(c1cccc2c1CCNC2)c1cccc2c1OCC2. The van der Waals surface area contributed by atoms with Gasteiger partial charge in [0.15, 0.2) is 5.78 Å². The molecule has 2 aromatic carbocycles. The molecule has 0 spiro atoms. The Labute approximate surface area is 123 Å². The summed E-state index contributed by atoms with van der Waals surface area (Å²) in [5.41, 5.74) is 5.11. The predicted molar refractivity (Wildman–Crippen MR) is 80.9 cm³/mol. The van der Waals surface area contributed by atoms with Crippen LogP contribution in [0.25, 0.3) is 0 Å². The lowest BCUT2D eigenvalue weighted by atomic mass is 9.90. The summed E-state index contributed by atoms with van der Waals surface area (Å²) in [6, 6.07) is 11.9. The number of carbonyl (C=O) groups excluding carboxylic acids is 1. The summed E-state index contributed by atoms with van der Waals surface area (Å²) in [4.78, 5) is 13.0. The van der Waals surface area contributed by atoms with Crippen LogP contribution in [-0.4, -0.2) is 18.9 Å². The second-order valence-corrected chi connectivity index (χ2v) is 5.59. The van der Waals surface area contributed by atoms with Gasteiger partial charge in [-0.2, -0.15) is 0 Å². The van der Waals surface area contributed by atoms with Gasteiger partial charge in [0, 0.05) is 18.5 Å². The van der Waals surface area contributed by atoms with E-state index in [-0.39, 0.29) is 5.78 Å². The summed E-state index contributed by atoms with van der Waals surface area (Å²) < 4.78 is 5.68. The first-order chi connectivity index (χ1) is 10.3. The Bertz CT molecular complexity index is 721. The molecule has 106 valence electrons. The molecule has 21 heavy (non-hydrogen) atoms. The van der Waals surface area contributed by atoms with E-state index in [1.807, 2.05) is 30.3 Å². The molecule has 2 heterocycles. The van der Waals surface area contributed by atoms with Crippen molar-refractivity contribution < 1.29 is 9.53 Å². The monoisotopic (exact) mass is 279 g/mol. The predicted octanol–water partition coefficient (Wildman–Crippen LogP) is 2.50. The number of nitrogens with one attached hydrogen (secondary N) is 1. The smallest absolute Gasteiger partial charge is 0.197 e. The van der Waals surface area contributed by atoms with Crippen LogP contribution in [0.15, 0.2) is 36.4 Å². The average Bonchev–Trinajstić information content (AvgIpc) is 3.02. The van der Waals surface area contributed by atoms with E-state index in [2.05, 4.69) is 11.4 Å². The number of hydrogen-bond donors (Lipinski definition) is 1. The minimum absolute atomic E-state index is 0.0903. The summed E-state index contributed by atoms with van der Waals surface area (Å²) in [5.74, 6) is 0.876. The number of fused-ring (bicyclic) bond motifs is 2. The van der Waals surface area contributed by atoms with Crippen LogP contribution in [0.3, 0.4) is 0 Å². The molecule has 2 aromatic rings. The van der Waals surface area contributed by atoms with Crippen molar-refractivity contribution in [1.29, 1.82) is 0 Å². The van der Waals surface area contributed by atoms with Gasteiger partial charge in [0.2, 0.25) is 0 Å². The fourth-order valence-electron chi connectivity index (χ4n) is 3.28. The van der Waals surface area contributed by atoms with Crippen molar-refractivity contribution in [3.63, 3.8) is 0 Å². The number of ether oxygens (including phenoxy) is 1. The van der Waals surface area contributed by atoms with Crippen LogP contribution < -0.4 is 10.1 Å². The standard InChI is InChI=1S/C18H17NO2/c20-17(16-6-1-3-12-8-10-21-18(12)16)15-5-2-4-13-11-19-9-7-14(13)15/h1-6,19H,7-11H2. The lowest BCUT2D eigenvalue weighted by Gasteiger charge is -2.20. The van der Waals surface area contributed by atoms with Gasteiger partial charge in [-0.3, -0.25) is 4.79 Å². The molecule has 0 radical (unpaired) electrons. The number of benzene rings is 2. The van der Waals surface area contributed by atoms with E-state index < -0.39 is 0 Å². The summed E-state index contributed by atoms with van der Waals surface area (Å²) in [7, 11) is 0. The molecule has 0 unspecified atom stereocenters. The summed E-state index contributed by atoms with van der Waals surface area (Å²) >= 11 is 0. The Morgan fingerprint density at radius 1 is 1.00 bits per heavy atom. The van der Waals surface area contributed by atoms with Gasteiger partial charge in [0.25, 0.3) is 0 Å². The van der Waals surface area contributed by atoms with Gasteiger partial charge < -0.3 is 10.1 Å². The maximum absolute atomic E-state index is 13.0. The molecule has 0 saturated carbocycles. The fraction of sp³-hybridized carbons (Fsp3) is 0.278. The second kappa shape index (κ2) is 5.01. The van der Waals surface area contributed by atoms with E-state index in [9.17, 15) is 4.79 Å². The average molecular weight is 279 g/mol. The zero-order valence-corrected chi connectivity index (χ0v) is 11.8. The molecule has 0 amide bonds. The Hall–Kier alpha value is -2.13. The molecule has 0 aliphatic carbocycles. The van der Waals surface area contributed by atoms with Crippen LogP contribution in [0.4, 0.5) is 0 Å². The molecule has 2 aliphatic heterocycles. The third-order valence-electron chi connectivity index (χ3n) is 4.34. The zero-order chi connectivity index (χ0) is 14.2. The van der Waals surface area contributed by atoms with E-state index in [1.54, 1.807) is 0 Å². The molecule has 0 saturated heterocycles. The van der Waals surface area contributed by atoms with E-state index >= 15 is 0 Å². The topological polar surface area (TPSA) is 38.3 Å². The highest BCUT2D eigenvalue weighted by atomic mass is 16.5. The molecule has 1 N–H and O–H groups in total. The number of para-hydroxylation sites is 1. The van der Waals surface area contributed by atoms with Gasteiger partial charge in [-0.05, 0) is 35.7 Å². The van der Waals surface area contributed by atoms with Crippen LogP contribution in [-0.2, 0) is 19.4 Å². The number of rotatable bonds is 2. The van der Waals surface area contributed by atoms with Crippen molar-refractivity contribution in [2.45, 2.75) is 19.4 Å². The van der Waals surface area contributed by atoms with Gasteiger partial charge in [-0.25, -0.2) is 0 Å². The highest BCUT2D eigenvalue weighted by Gasteiger charge is 2.24. The van der Waals surface area contributed by atoms with Gasteiger partial charge in [-0.15, -0.1) is 0 Å². The minimum Gasteiger partial charge on any atom is -0.492 e. The lowest BCUT2D eigenvalue weighted by Crippen LogP contribution is -2.25. The van der Waals surface area contributed by atoms with E-state index in [0.29, 0.717) is 12.2 Å². The van der Waals surface area contributed by atoms with Crippen molar-refractivity contribution in [1.82, 2.24) is 5.32 Å². The van der Waals surface area contributed by atoms with Crippen LogP contribution in [0.2, 0.25) is 0 Å². The minimum atomic E-state index is 0.0903. The summed E-state index contributed by atoms with van der Waals surface area (Å²) in [6.45, 7) is 2.46. The van der Waals surface area contributed by atoms with Gasteiger partial charge in [0.05, 0.1) is 12.2 Å². The van der Waals surface area contributed by atoms with Crippen molar-refractivity contribution in [3.05, 3.63) is 64.2 Å². The highest BCUT2D eigenvalue weighted by Crippen LogP contribution is 2.32. The normalized spacial score (nSPS) is 16.0. The number of ketones is 1. The van der Waals surface area contributed by atoms with Gasteiger partial charge in [0.1, 0.15) is 5.75 Å². The molecule has 0 atom stereocenters. The van der Waals surface area contributed by atoms with Crippen LogP contribution in [0.1, 0.15) is 32.6 Å². The third kappa shape index (κ3) is 2.05. The molecule has 4 rings (SSSR count). The second-order valence-electron chi connectivity index (χ2n) is 5.59. The van der Waals surface area contributed by atoms with E-state index in [0.717, 1.165) is 42.8 Å². The van der Waals surface area contributed by atoms with Crippen molar-refractivity contribution in [2.24, 2.45) is 0 Å². The molecular formula is C18H17NO2. The first-order valence-electron chi connectivity index (χ1n) is 7.45. The van der Waals surface area contributed by atoms with Crippen molar-refractivity contribution in [2.75, 3.05) is 13.2 Å². The molecule has 3 heteroatoms. The maximum Gasteiger partial charge on any atom is 0.197 e. The number of hydrogen-bond acceptors (Lipinski definition) is 3. The molecule has 0 fully saturated rings. The molecular weight excluding hydrogens is 262 g/mol. The lowest BCUT2D eigenvalue weighted by molar-refractivity contribution is 0.103. The van der Waals surface area contributed by atoms with Crippen LogP contribution >= 0.6 is 0 Å². The Morgan fingerprint density at radius 2 is 1.81 bits per heavy atom. The third-order valence-corrected chi connectivity index (χ3v) is 4.34. The molecule has 3 nitrogen and oxygen atoms in total. The van der Waals surface area contributed by atoms with E-state index in [4.69, 9.17) is 4.74 Å². The van der Waals surface area contributed by atoms with Crippen molar-refractivity contribution in [3.8, 4) is 5.75 Å². The highest BCUT2D eigenvalue weighted by molar-refractivity contribution is 6.12. The zero-order valence-electron chi connectivity index (χ0n) is 11.8. The largest absolute Gasteiger partial charge is 0.492 e. The molecule has 2 aliphatic rings. The first-order valence-corrected chi connectivity index (χ1v) is 7.45. The Balaban J connectivity index is 1.81. The van der Waals surface area contributed by atoms with Crippen LogP contribution in [0.5, 0.6) is 5.75 Å².